The van der Waals surface area contributed by atoms with Crippen molar-refractivity contribution in [3.8, 4) is 0 Å². The fraction of sp³-hybridized carbons (Fsp3) is 0.600. The number of piperidine rings is 1. The summed E-state index contributed by atoms with van der Waals surface area (Å²) in [5, 5.41) is 9.36. The van der Waals surface area contributed by atoms with E-state index in [2.05, 4.69) is 6.92 Å². The van der Waals surface area contributed by atoms with Crippen molar-refractivity contribution in [1.82, 2.24) is 4.90 Å². The lowest BCUT2D eigenvalue weighted by molar-refractivity contribution is -0.151. The van der Waals surface area contributed by atoms with E-state index in [1.54, 1.807) is 7.05 Å². The Morgan fingerprint density at radius 3 is 2.65 bits per heavy atom. The van der Waals surface area contributed by atoms with Crippen LogP contribution < -0.4 is 0 Å². The van der Waals surface area contributed by atoms with Gasteiger partial charge in [-0.1, -0.05) is 6.92 Å². The van der Waals surface area contributed by atoms with Crippen LogP contribution in [0.3, 0.4) is 0 Å². The number of rotatable bonds is 3. The third-order valence-corrected chi connectivity index (χ3v) is 4.59. The molecule has 1 saturated heterocycles. The number of amides is 1. The fourth-order valence-electron chi connectivity index (χ4n) is 3.13. The summed E-state index contributed by atoms with van der Waals surface area (Å²) in [6, 6.07) is 3.27. The molecule has 1 aliphatic carbocycles. The van der Waals surface area contributed by atoms with Gasteiger partial charge in [-0.2, -0.15) is 0 Å². The Balaban J connectivity index is 1.89. The highest BCUT2D eigenvalue weighted by Gasteiger charge is 2.42. The number of carboxylic acids is 1. The normalized spacial score (nSPS) is 33.3. The first-order chi connectivity index (χ1) is 9.49. The maximum atomic E-state index is 11.8. The van der Waals surface area contributed by atoms with Crippen molar-refractivity contribution >= 4 is 11.9 Å². The van der Waals surface area contributed by atoms with E-state index < -0.39 is 17.9 Å². The Labute approximate surface area is 117 Å². The molecule has 1 N–H and O–H groups in total. The summed E-state index contributed by atoms with van der Waals surface area (Å²) in [4.78, 5) is 24.8. The first kappa shape index (κ1) is 13.2. The zero-order valence-electron chi connectivity index (χ0n) is 11.7. The average molecular weight is 277 g/mol. The lowest BCUT2D eigenvalue weighted by Gasteiger charge is -2.35. The molecule has 5 heteroatoms. The number of likely N-dealkylation sites (tertiary alicyclic amines) is 1. The smallest absolute Gasteiger partial charge is 0.309 e. The molecule has 0 spiro atoms. The number of hydrogen-bond acceptors (Lipinski definition) is 3. The number of hydrogen-bond donors (Lipinski definition) is 1. The number of furan rings is 1. The molecule has 20 heavy (non-hydrogen) atoms. The molecule has 1 saturated carbocycles. The Hall–Kier alpha value is -1.78. The summed E-state index contributed by atoms with van der Waals surface area (Å²) in [6.07, 6.45) is 1.78. The number of carbonyl (C=O) groups excluding carboxylic acids is 1. The Morgan fingerprint density at radius 1 is 1.40 bits per heavy atom. The second-order valence-electron chi connectivity index (χ2n) is 5.99. The van der Waals surface area contributed by atoms with Gasteiger partial charge in [0.25, 0.3) is 0 Å². The maximum Gasteiger partial charge on any atom is 0.309 e. The minimum absolute atomic E-state index is 0.0229. The molecule has 1 aliphatic heterocycles. The van der Waals surface area contributed by atoms with Crippen LogP contribution in [0.4, 0.5) is 0 Å². The molecule has 0 radical (unpaired) electrons. The molecule has 0 bridgehead atoms. The minimum Gasteiger partial charge on any atom is -0.481 e. The summed E-state index contributed by atoms with van der Waals surface area (Å²) < 4.78 is 5.86. The monoisotopic (exact) mass is 277 g/mol. The zero-order chi connectivity index (χ0) is 14.4. The summed E-state index contributed by atoms with van der Waals surface area (Å²) in [6.45, 7) is 2.17. The Kier molecular flexibility index (Phi) is 3.07. The van der Waals surface area contributed by atoms with Gasteiger partial charge in [0.1, 0.15) is 17.6 Å². The van der Waals surface area contributed by atoms with E-state index in [1.165, 1.54) is 4.90 Å². The summed E-state index contributed by atoms with van der Waals surface area (Å²) >= 11 is 0. The third kappa shape index (κ3) is 2.11. The van der Waals surface area contributed by atoms with E-state index in [-0.39, 0.29) is 12.3 Å². The molecule has 2 heterocycles. The van der Waals surface area contributed by atoms with Crippen LogP contribution in [0.25, 0.3) is 0 Å². The van der Waals surface area contributed by atoms with Crippen molar-refractivity contribution in [3.63, 3.8) is 0 Å². The Bertz CT molecular complexity index is 550. The van der Waals surface area contributed by atoms with Crippen LogP contribution in [0.2, 0.25) is 0 Å². The number of carbonyl (C=O) groups is 2. The van der Waals surface area contributed by atoms with Crippen molar-refractivity contribution in [2.24, 2.45) is 11.8 Å². The zero-order valence-corrected chi connectivity index (χ0v) is 11.7. The molecule has 4 atom stereocenters. The highest BCUT2D eigenvalue weighted by Crippen LogP contribution is 2.48. The second-order valence-corrected chi connectivity index (χ2v) is 5.99. The SMILES string of the molecule is CC1CC1c1ccc(C2C(C(=O)O)CCC(=O)N2C)o1. The molecule has 1 amide bonds. The van der Waals surface area contributed by atoms with Gasteiger partial charge in [-0.05, 0) is 30.9 Å². The minimum atomic E-state index is -0.868. The Morgan fingerprint density at radius 2 is 2.05 bits per heavy atom. The predicted molar refractivity (Wildman–Crippen MR) is 71.1 cm³/mol. The molecule has 5 nitrogen and oxygen atoms in total. The van der Waals surface area contributed by atoms with Crippen LogP contribution in [0.15, 0.2) is 16.5 Å². The van der Waals surface area contributed by atoms with E-state index in [0.29, 0.717) is 24.0 Å². The van der Waals surface area contributed by atoms with Crippen molar-refractivity contribution in [3.05, 3.63) is 23.7 Å². The van der Waals surface area contributed by atoms with Crippen LogP contribution >= 0.6 is 0 Å². The van der Waals surface area contributed by atoms with Crippen molar-refractivity contribution < 1.29 is 19.1 Å². The molecule has 3 rings (SSSR count). The number of aliphatic carboxylic acids is 1. The summed E-state index contributed by atoms with van der Waals surface area (Å²) in [7, 11) is 1.66. The molecule has 1 aromatic rings. The van der Waals surface area contributed by atoms with Gasteiger partial charge in [-0.15, -0.1) is 0 Å². The van der Waals surface area contributed by atoms with E-state index in [1.807, 2.05) is 12.1 Å². The number of nitrogens with zero attached hydrogens (tertiary/aromatic N) is 1. The predicted octanol–water partition coefficient (Wildman–Crippen LogP) is 2.40. The van der Waals surface area contributed by atoms with Crippen molar-refractivity contribution in [1.29, 1.82) is 0 Å². The standard InChI is InChI=1S/C15H19NO4/c1-8-7-10(8)11-4-5-12(20-11)14-9(15(18)19)3-6-13(17)16(14)2/h4-5,8-10,14H,3,6-7H2,1-2H3,(H,18,19). The highest BCUT2D eigenvalue weighted by molar-refractivity contribution is 5.81. The van der Waals surface area contributed by atoms with E-state index in [0.717, 1.165) is 12.2 Å². The molecule has 2 aliphatic rings. The third-order valence-electron chi connectivity index (χ3n) is 4.59. The summed E-state index contributed by atoms with van der Waals surface area (Å²) in [5.74, 6) is 1.13. The van der Waals surface area contributed by atoms with Crippen LogP contribution in [0.5, 0.6) is 0 Å². The van der Waals surface area contributed by atoms with Gasteiger partial charge < -0.3 is 14.4 Å². The van der Waals surface area contributed by atoms with E-state index >= 15 is 0 Å². The fourth-order valence-corrected chi connectivity index (χ4v) is 3.13. The van der Waals surface area contributed by atoms with Crippen molar-refractivity contribution in [2.45, 2.75) is 38.1 Å². The van der Waals surface area contributed by atoms with Gasteiger partial charge in [-0.3, -0.25) is 9.59 Å². The number of carboxylic acid groups (broad SMARTS) is 1. The van der Waals surface area contributed by atoms with Gasteiger partial charge in [0.05, 0.1) is 5.92 Å². The van der Waals surface area contributed by atoms with Gasteiger partial charge in [0, 0.05) is 19.4 Å². The molecule has 0 aromatic carbocycles. The lowest BCUT2D eigenvalue weighted by Crippen LogP contribution is -2.42. The molecule has 2 fully saturated rings. The molecule has 108 valence electrons. The van der Waals surface area contributed by atoms with Crippen LogP contribution in [0.1, 0.15) is 49.7 Å². The first-order valence-corrected chi connectivity index (χ1v) is 7.07. The molecular weight excluding hydrogens is 258 g/mol. The van der Waals surface area contributed by atoms with Crippen LogP contribution in [0, 0.1) is 11.8 Å². The highest BCUT2D eigenvalue weighted by atomic mass is 16.4. The molecular formula is C15H19NO4. The largest absolute Gasteiger partial charge is 0.481 e. The lowest BCUT2D eigenvalue weighted by atomic mass is 9.87. The van der Waals surface area contributed by atoms with E-state index in [9.17, 15) is 14.7 Å². The van der Waals surface area contributed by atoms with Gasteiger partial charge in [-0.25, -0.2) is 0 Å². The van der Waals surface area contributed by atoms with Gasteiger partial charge in [0.15, 0.2) is 0 Å². The molecule has 1 aromatic heterocycles. The van der Waals surface area contributed by atoms with E-state index in [4.69, 9.17) is 4.42 Å². The quantitative estimate of drug-likeness (QED) is 0.921. The molecule has 4 unspecified atom stereocenters. The van der Waals surface area contributed by atoms with Crippen molar-refractivity contribution in [2.75, 3.05) is 7.05 Å². The van der Waals surface area contributed by atoms with Crippen LogP contribution in [-0.4, -0.2) is 28.9 Å². The average Bonchev–Trinajstić information content (AvgIpc) is 2.94. The topological polar surface area (TPSA) is 70.8 Å². The summed E-state index contributed by atoms with van der Waals surface area (Å²) in [5.41, 5.74) is 0. The van der Waals surface area contributed by atoms with Crippen LogP contribution in [-0.2, 0) is 9.59 Å². The second kappa shape index (κ2) is 4.65. The van der Waals surface area contributed by atoms with Gasteiger partial charge >= 0.3 is 5.97 Å². The first-order valence-electron chi connectivity index (χ1n) is 7.07. The maximum absolute atomic E-state index is 11.8. The van der Waals surface area contributed by atoms with Gasteiger partial charge in [0.2, 0.25) is 5.91 Å².